The van der Waals surface area contributed by atoms with Crippen LogP contribution in [-0.4, -0.2) is 40.0 Å². The average molecular weight is 291 g/mol. The highest BCUT2D eigenvalue weighted by atomic mass is 35.5. The van der Waals surface area contributed by atoms with Gasteiger partial charge in [-0.05, 0) is 6.07 Å². The number of aromatic amines is 1. The smallest absolute Gasteiger partial charge is 0.306 e. The summed E-state index contributed by atoms with van der Waals surface area (Å²) in [4.78, 5) is 27.0. The van der Waals surface area contributed by atoms with E-state index in [0.29, 0.717) is 23.8 Å². The zero-order chi connectivity index (χ0) is 13.4. The molecule has 1 atom stereocenters. The molecule has 1 aromatic heterocycles. The molecule has 1 amide bonds. The summed E-state index contributed by atoms with van der Waals surface area (Å²) in [6.45, 7) is 2.54. The van der Waals surface area contributed by atoms with Gasteiger partial charge in [-0.15, -0.1) is 0 Å². The predicted molar refractivity (Wildman–Crippen MR) is 67.0 cm³/mol. The Labute approximate surface area is 114 Å². The number of carboxylic acid groups (broad SMARTS) is 1. The third-order valence-electron chi connectivity index (χ3n) is 3.25. The fourth-order valence-corrected chi connectivity index (χ4v) is 2.20. The molecule has 98 valence electrons. The van der Waals surface area contributed by atoms with E-state index < -0.39 is 11.9 Å². The van der Waals surface area contributed by atoms with E-state index in [0.717, 1.165) is 0 Å². The molecule has 5 nitrogen and oxygen atoms in total. The normalized spacial score (nSPS) is 17.4. The van der Waals surface area contributed by atoms with E-state index in [-0.39, 0.29) is 17.0 Å². The molecule has 2 rings (SSSR count). The molecule has 18 heavy (non-hydrogen) atoms. The number of hydrogen-bond acceptors (Lipinski definition) is 2. The molecule has 2 heterocycles. The molecule has 0 bridgehead atoms. The number of carboxylic acids is 1. The van der Waals surface area contributed by atoms with Crippen molar-refractivity contribution in [2.24, 2.45) is 11.8 Å². The van der Waals surface area contributed by atoms with E-state index in [1.807, 2.05) is 0 Å². The summed E-state index contributed by atoms with van der Waals surface area (Å²) in [6, 6.07) is 1.47. The zero-order valence-corrected chi connectivity index (χ0v) is 11.1. The topological polar surface area (TPSA) is 73.4 Å². The van der Waals surface area contributed by atoms with Crippen LogP contribution >= 0.6 is 23.2 Å². The lowest BCUT2D eigenvalue weighted by Gasteiger charge is -2.40. The Balaban J connectivity index is 1.96. The van der Waals surface area contributed by atoms with Gasteiger partial charge in [-0.3, -0.25) is 9.59 Å². The van der Waals surface area contributed by atoms with Crippen LogP contribution in [0.15, 0.2) is 6.07 Å². The maximum absolute atomic E-state index is 12.0. The number of nitrogens with one attached hydrogen (secondary N) is 1. The first kappa shape index (κ1) is 13.2. The van der Waals surface area contributed by atoms with Gasteiger partial charge in [0.25, 0.3) is 5.91 Å². The maximum atomic E-state index is 12.0. The number of carbonyl (C=O) groups excluding carboxylic acids is 1. The number of nitrogens with zero attached hydrogens (tertiary/aromatic N) is 1. The van der Waals surface area contributed by atoms with E-state index in [1.165, 1.54) is 6.07 Å². The molecule has 1 fully saturated rings. The third-order valence-corrected chi connectivity index (χ3v) is 3.94. The maximum Gasteiger partial charge on any atom is 0.306 e. The Kier molecular flexibility index (Phi) is 3.54. The second-order valence-electron chi connectivity index (χ2n) is 4.44. The van der Waals surface area contributed by atoms with Gasteiger partial charge in [-0.1, -0.05) is 30.1 Å². The van der Waals surface area contributed by atoms with Gasteiger partial charge < -0.3 is 15.0 Å². The molecule has 1 aliphatic heterocycles. The highest BCUT2D eigenvalue weighted by Crippen LogP contribution is 2.28. The van der Waals surface area contributed by atoms with E-state index >= 15 is 0 Å². The molecule has 1 aromatic rings. The second kappa shape index (κ2) is 4.82. The summed E-state index contributed by atoms with van der Waals surface area (Å²) in [5.41, 5.74) is 0.325. The van der Waals surface area contributed by atoms with E-state index in [2.05, 4.69) is 4.98 Å². The number of hydrogen-bond donors (Lipinski definition) is 2. The van der Waals surface area contributed by atoms with Gasteiger partial charge in [0.1, 0.15) is 10.8 Å². The monoisotopic (exact) mass is 290 g/mol. The molecule has 1 unspecified atom stereocenters. The number of aliphatic carboxylic acids is 1. The first-order chi connectivity index (χ1) is 8.40. The second-order valence-corrected chi connectivity index (χ2v) is 5.23. The number of rotatable bonds is 3. The van der Waals surface area contributed by atoms with Crippen molar-refractivity contribution >= 4 is 35.1 Å². The first-order valence-corrected chi connectivity index (χ1v) is 6.22. The van der Waals surface area contributed by atoms with Crippen LogP contribution in [0.4, 0.5) is 0 Å². The van der Waals surface area contributed by atoms with Crippen molar-refractivity contribution < 1.29 is 14.7 Å². The average Bonchev–Trinajstić information content (AvgIpc) is 2.56. The molecule has 0 aliphatic carbocycles. The van der Waals surface area contributed by atoms with Crippen molar-refractivity contribution in [2.45, 2.75) is 6.92 Å². The van der Waals surface area contributed by atoms with Gasteiger partial charge in [0.05, 0.1) is 10.9 Å². The summed E-state index contributed by atoms with van der Waals surface area (Å²) in [5.74, 6) is -1.48. The zero-order valence-electron chi connectivity index (χ0n) is 9.61. The van der Waals surface area contributed by atoms with Gasteiger partial charge in [0.2, 0.25) is 0 Å². The fourth-order valence-electron chi connectivity index (χ4n) is 1.89. The van der Waals surface area contributed by atoms with Crippen molar-refractivity contribution in [1.29, 1.82) is 0 Å². The molecule has 1 saturated heterocycles. The minimum Gasteiger partial charge on any atom is -0.481 e. The van der Waals surface area contributed by atoms with Crippen LogP contribution < -0.4 is 0 Å². The lowest BCUT2D eigenvalue weighted by Crippen LogP contribution is -2.53. The summed E-state index contributed by atoms with van der Waals surface area (Å²) in [7, 11) is 0. The molecule has 0 radical (unpaired) electrons. The van der Waals surface area contributed by atoms with Gasteiger partial charge in [0, 0.05) is 19.0 Å². The number of likely N-dealkylation sites (tertiary alicyclic amines) is 1. The summed E-state index contributed by atoms with van der Waals surface area (Å²) >= 11 is 11.5. The van der Waals surface area contributed by atoms with Crippen molar-refractivity contribution in [3.05, 3.63) is 21.9 Å². The molecular formula is C11H12Cl2N2O3. The van der Waals surface area contributed by atoms with Crippen LogP contribution in [0.1, 0.15) is 17.4 Å². The number of amides is 1. The lowest BCUT2D eigenvalue weighted by molar-refractivity contribution is -0.144. The first-order valence-electron chi connectivity index (χ1n) is 5.46. The number of H-pyrrole nitrogens is 1. The highest BCUT2D eigenvalue weighted by Gasteiger charge is 2.37. The van der Waals surface area contributed by atoms with Crippen LogP contribution in [0.5, 0.6) is 0 Å². The van der Waals surface area contributed by atoms with Crippen LogP contribution in [0.2, 0.25) is 10.2 Å². The number of aromatic nitrogens is 1. The van der Waals surface area contributed by atoms with Gasteiger partial charge >= 0.3 is 5.97 Å². The minimum atomic E-state index is -0.835. The fraction of sp³-hybridized carbons (Fsp3) is 0.455. The minimum absolute atomic E-state index is 0.00681. The molecule has 1 aliphatic rings. The van der Waals surface area contributed by atoms with Crippen LogP contribution in [-0.2, 0) is 4.79 Å². The number of carbonyl (C=O) groups is 2. The predicted octanol–water partition coefficient (Wildman–Crippen LogP) is 2.11. The SMILES string of the molecule is CC(C(=O)O)C1CN(C(=O)c2cc(Cl)c(Cl)[nH]2)C1. The number of halogens is 2. The molecule has 0 saturated carbocycles. The van der Waals surface area contributed by atoms with Crippen molar-refractivity contribution in [1.82, 2.24) is 9.88 Å². The Bertz CT molecular complexity index is 475. The van der Waals surface area contributed by atoms with E-state index in [9.17, 15) is 9.59 Å². The largest absolute Gasteiger partial charge is 0.481 e. The molecule has 0 aromatic carbocycles. The van der Waals surface area contributed by atoms with E-state index in [4.69, 9.17) is 28.3 Å². The van der Waals surface area contributed by atoms with Crippen molar-refractivity contribution in [3.63, 3.8) is 0 Å². The lowest BCUT2D eigenvalue weighted by atomic mass is 9.87. The van der Waals surface area contributed by atoms with Gasteiger partial charge in [0.15, 0.2) is 0 Å². The summed E-state index contributed by atoms with van der Waals surface area (Å²) < 4.78 is 0. The van der Waals surface area contributed by atoms with Crippen molar-refractivity contribution in [3.8, 4) is 0 Å². The Hall–Kier alpha value is -1.20. The molecule has 7 heteroatoms. The standard InChI is InChI=1S/C11H12Cl2N2O3/c1-5(11(17)18)6-3-15(4-6)10(16)8-2-7(12)9(13)14-8/h2,5-6,14H,3-4H2,1H3,(H,17,18). The van der Waals surface area contributed by atoms with Crippen LogP contribution in [0.25, 0.3) is 0 Å². The van der Waals surface area contributed by atoms with Gasteiger partial charge in [-0.2, -0.15) is 0 Å². The summed E-state index contributed by atoms with van der Waals surface area (Å²) in [5, 5.41) is 9.39. The van der Waals surface area contributed by atoms with Crippen LogP contribution in [0.3, 0.4) is 0 Å². The Morgan fingerprint density at radius 3 is 2.56 bits per heavy atom. The Morgan fingerprint density at radius 1 is 1.50 bits per heavy atom. The van der Waals surface area contributed by atoms with Crippen LogP contribution in [0, 0.1) is 11.8 Å². The molecule has 0 spiro atoms. The molecule has 2 N–H and O–H groups in total. The summed E-state index contributed by atoms with van der Waals surface area (Å²) in [6.07, 6.45) is 0. The quantitative estimate of drug-likeness (QED) is 0.895. The van der Waals surface area contributed by atoms with Gasteiger partial charge in [-0.25, -0.2) is 0 Å². The molecular weight excluding hydrogens is 279 g/mol. The third kappa shape index (κ3) is 2.33. The van der Waals surface area contributed by atoms with E-state index in [1.54, 1.807) is 11.8 Å². The highest BCUT2D eigenvalue weighted by molar-refractivity contribution is 6.41. The van der Waals surface area contributed by atoms with Crippen molar-refractivity contribution in [2.75, 3.05) is 13.1 Å². The Morgan fingerprint density at radius 2 is 2.11 bits per heavy atom.